The van der Waals surface area contributed by atoms with Crippen molar-refractivity contribution in [3.63, 3.8) is 0 Å². The summed E-state index contributed by atoms with van der Waals surface area (Å²) in [5.41, 5.74) is 0.881. The van der Waals surface area contributed by atoms with Crippen LogP contribution in [-0.2, 0) is 19.5 Å². The summed E-state index contributed by atoms with van der Waals surface area (Å²) in [5.74, 6) is 1.83. The minimum atomic E-state index is -0.376. The molecule has 0 radical (unpaired) electrons. The summed E-state index contributed by atoms with van der Waals surface area (Å²) in [6.07, 6.45) is 1.98. The number of amides is 3. The number of carbonyl (C=O) groups excluding carboxylic acids is 2. The first-order chi connectivity index (χ1) is 12.9. The third-order valence-corrected chi connectivity index (χ3v) is 4.55. The van der Waals surface area contributed by atoms with Gasteiger partial charge in [-0.3, -0.25) is 4.79 Å². The normalized spacial score (nSPS) is 12.7. The first-order valence-electron chi connectivity index (χ1n) is 8.97. The maximum absolute atomic E-state index is 12.1. The molecule has 1 aliphatic heterocycles. The summed E-state index contributed by atoms with van der Waals surface area (Å²) in [4.78, 5) is 24.2. The van der Waals surface area contributed by atoms with Gasteiger partial charge in [0.15, 0.2) is 5.82 Å². The van der Waals surface area contributed by atoms with E-state index in [0.717, 1.165) is 31.0 Å². The molecular weight excluding hydrogens is 368 g/mol. The number of rotatable bonds is 6. The molecule has 3 amide bonds. The average Bonchev–Trinajstić information content (AvgIpc) is 3.22. The highest BCUT2D eigenvalue weighted by molar-refractivity contribution is 6.34. The Labute approximate surface area is 162 Å². The number of nitrogens with one attached hydrogen (secondary N) is 3. The van der Waals surface area contributed by atoms with E-state index < -0.39 is 0 Å². The lowest BCUT2D eigenvalue weighted by molar-refractivity contribution is 0.0949. The van der Waals surface area contributed by atoms with Crippen LogP contribution in [0.4, 0.5) is 10.5 Å². The number of hydrogen-bond donors (Lipinski definition) is 3. The molecule has 2 aromatic rings. The predicted octanol–water partition coefficient (Wildman–Crippen LogP) is 2.59. The Balaban J connectivity index is 1.54. The molecular formula is C18H23ClN6O2. The zero-order valence-electron chi connectivity index (χ0n) is 15.4. The average molecular weight is 391 g/mol. The van der Waals surface area contributed by atoms with Crippen LogP contribution in [0.3, 0.4) is 0 Å². The molecule has 2 heterocycles. The fourth-order valence-electron chi connectivity index (χ4n) is 2.85. The zero-order chi connectivity index (χ0) is 19.4. The third-order valence-electron chi connectivity index (χ3n) is 4.24. The summed E-state index contributed by atoms with van der Waals surface area (Å²) in [5, 5.41) is 16.8. The number of hydrogen-bond acceptors (Lipinski definition) is 4. The monoisotopic (exact) mass is 390 g/mol. The second-order valence-corrected chi connectivity index (χ2v) is 7.30. The Morgan fingerprint density at radius 3 is 2.81 bits per heavy atom. The quantitative estimate of drug-likeness (QED) is 0.705. The minimum Gasteiger partial charge on any atom is -0.352 e. The molecule has 1 aliphatic rings. The van der Waals surface area contributed by atoms with Crippen LogP contribution in [0.2, 0.25) is 5.02 Å². The number of anilines is 1. The molecule has 0 bridgehead atoms. The molecule has 0 spiro atoms. The Kier molecular flexibility index (Phi) is 5.95. The first-order valence-corrected chi connectivity index (χ1v) is 9.35. The molecule has 9 heteroatoms. The lowest BCUT2D eigenvalue weighted by Gasteiger charge is -2.11. The lowest BCUT2D eigenvalue weighted by atomic mass is 10.1. The molecule has 3 rings (SSSR count). The fraction of sp³-hybridized carbons (Fsp3) is 0.444. The van der Waals surface area contributed by atoms with E-state index in [-0.39, 0.29) is 17.0 Å². The molecule has 0 atom stereocenters. The SMILES string of the molecule is CC(C)CNC(=O)c1ccc(NC(=O)NCc2nnc3n2CCC3)cc1Cl. The lowest BCUT2D eigenvalue weighted by Crippen LogP contribution is -2.29. The van der Waals surface area contributed by atoms with Crippen molar-refractivity contribution < 1.29 is 9.59 Å². The van der Waals surface area contributed by atoms with Gasteiger partial charge in [-0.25, -0.2) is 4.79 Å². The summed E-state index contributed by atoms with van der Waals surface area (Å²) >= 11 is 6.19. The van der Waals surface area contributed by atoms with E-state index in [1.165, 1.54) is 0 Å². The Morgan fingerprint density at radius 2 is 2.07 bits per heavy atom. The van der Waals surface area contributed by atoms with Crippen molar-refractivity contribution >= 4 is 29.2 Å². The van der Waals surface area contributed by atoms with Crippen LogP contribution in [0.15, 0.2) is 18.2 Å². The van der Waals surface area contributed by atoms with E-state index >= 15 is 0 Å². The third kappa shape index (κ3) is 4.77. The molecule has 0 saturated carbocycles. The van der Waals surface area contributed by atoms with Crippen molar-refractivity contribution in [2.75, 3.05) is 11.9 Å². The highest BCUT2D eigenvalue weighted by atomic mass is 35.5. The van der Waals surface area contributed by atoms with E-state index in [0.29, 0.717) is 30.3 Å². The Hall–Kier alpha value is -2.61. The van der Waals surface area contributed by atoms with Crippen LogP contribution < -0.4 is 16.0 Å². The van der Waals surface area contributed by atoms with Gasteiger partial charge in [-0.05, 0) is 30.5 Å². The smallest absolute Gasteiger partial charge is 0.319 e. The molecule has 0 aliphatic carbocycles. The summed E-state index contributed by atoms with van der Waals surface area (Å²) in [7, 11) is 0. The second kappa shape index (κ2) is 8.39. The molecule has 1 aromatic heterocycles. The van der Waals surface area contributed by atoms with Crippen molar-refractivity contribution in [1.82, 2.24) is 25.4 Å². The predicted molar refractivity (Wildman–Crippen MR) is 103 cm³/mol. The number of nitrogens with zero attached hydrogens (tertiary/aromatic N) is 3. The van der Waals surface area contributed by atoms with Gasteiger partial charge in [0.2, 0.25) is 0 Å². The second-order valence-electron chi connectivity index (χ2n) is 6.89. The van der Waals surface area contributed by atoms with Crippen LogP contribution in [0, 0.1) is 5.92 Å². The van der Waals surface area contributed by atoms with Gasteiger partial charge < -0.3 is 20.5 Å². The van der Waals surface area contributed by atoms with Gasteiger partial charge >= 0.3 is 6.03 Å². The van der Waals surface area contributed by atoms with E-state index in [2.05, 4.69) is 26.1 Å². The number of aryl methyl sites for hydroxylation is 1. The molecule has 27 heavy (non-hydrogen) atoms. The van der Waals surface area contributed by atoms with Gasteiger partial charge in [0.1, 0.15) is 5.82 Å². The van der Waals surface area contributed by atoms with Gasteiger partial charge in [-0.1, -0.05) is 25.4 Å². The maximum Gasteiger partial charge on any atom is 0.319 e. The number of aromatic nitrogens is 3. The van der Waals surface area contributed by atoms with Crippen molar-refractivity contribution in [1.29, 1.82) is 0 Å². The molecule has 1 aromatic carbocycles. The summed E-state index contributed by atoms with van der Waals surface area (Å²) in [6.45, 7) is 5.78. The maximum atomic E-state index is 12.1. The number of benzene rings is 1. The fourth-order valence-corrected chi connectivity index (χ4v) is 3.11. The molecule has 144 valence electrons. The van der Waals surface area contributed by atoms with Gasteiger partial charge in [-0.2, -0.15) is 0 Å². The van der Waals surface area contributed by atoms with Crippen LogP contribution >= 0.6 is 11.6 Å². The molecule has 0 saturated heterocycles. The molecule has 8 nitrogen and oxygen atoms in total. The summed E-state index contributed by atoms with van der Waals surface area (Å²) in [6, 6.07) is 4.42. The van der Waals surface area contributed by atoms with Gasteiger partial charge in [0.25, 0.3) is 5.91 Å². The van der Waals surface area contributed by atoms with Crippen LogP contribution in [0.1, 0.15) is 42.3 Å². The van der Waals surface area contributed by atoms with E-state index in [1.54, 1.807) is 18.2 Å². The molecule has 3 N–H and O–H groups in total. The van der Waals surface area contributed by atoms with E-state index in [9.17, 15) is 9.59 Å². The Morgan fingerprint density at radius 1 is 1.26 bits per heavy atom. The first kappa shape index (κ1) is 19.2. The Bertz CT molecular complexity index is 848. The van der Waals surface area contributed by atoms with Crippen LogP contribution in [0.5, 0.6) is 0 Å². The largest absolute Gasteiger partial charge is 0.352 e. The van der Waals surface area contributed by atoms with E-state index in [4.69, 9.17) is 11.6 Å². The standard InChI is InChI=1S/C18H23ClN6O2/c1-11(2)9-20-17(26)13-6-5-12(8-14(13)19)22-18(27)21-10-16-24-23-15-4-3-7-25(15)16/h5-6,8,11H,3-4,7,9-10H2,1-2H3,(H,20,26)(H2,21,22,27). The number of carbonyl (C=O) groups is 2. The highest BCUT2D eigenvalue weighted by Crippen LogP contribution is 2.21. The molecule has 0 unspecified atom stereocenters. The minimum absolute atomic E-state index is 0.231. The van der Waals surface area contributed by atoms with Gasteiger partial charge in [0, 0.05) is 25.2 Å². The number of halogens is 1. The van der Waals surface area contributed by atoms with Crippen LogP contribution in [0.25, 0.3) is 0 Å². The highest BCUT2D eigenvalue weighted by Gasteiger charge is 2.17. The zero-order valence-corrected chi connectivity index (χ0v) is 16.1. The van der Waals surface area contributed by atoms with Gasteiger partial charge in [-0.15, -0.1) is 10.2 Å². The topological polar surface area (TPSA) is 101 Å². The molecule has 0 fully saturated rings. The van der Waals surface area contributed by atoms with Crippen molar-refractivity contribution in [3.8, 4) is 0 Å². The van der Waals surface area contributed by atoms with Crippen molar-refractivity contribution in [3.05, 3.63) is 40.4 Å². The van der Waals surface area contributed by atoms with E-state index in [1.807, 2.05) is 18.4 Å². The number of fused-ring (bicyclic) bond motifs is 1. The number of urea groups is 1. The van der Waals surface area contributed by atoms with Gasteiger partial charge in [0.05, 0.1) is 17.1 Å². The van der Waals surface area contributed by atoms with Crippen molar-refractivity contribution in [2.45, 2.75) is 39.8 Å². The van der Waals surface area contributed by atoms with Crippen molar-refractivity contribution in [2.24, 2.45) is 5.92 Å². The summed E-state index contributed by atoms with van der Waals surface area (Å²) < 4.78 is 2.03. The van der Waals surface area contributed by atoms with Crippen LogP contribution in [-0.4, -0.2) is 33.2 Å².